The van der Waals surface area contributed by atoms with E-state index in [0.29, 0.717) is 12.3 Å². The van der Waals surface area contributed by atoms with Crippen LogP contribution in [0.25, 0.3) is 0 Å². The van der Waals surface area contributed by atoms with Crippen molar-refractivity contribution in [2.24, 2.45) is 0 Å². The second kappa shape index (κ2) is 7.73. The van der Waals surface area contributed by atoms with Crippen LogP contribution in [0.4, 0.5) is 16.2 Å². The SMILES string of the molecule is CC(C)(C)OC(=O)Nc1ccc(CCOc2ccc(N)cc2)cc1. The minimum absolute atomic E-state index is 0.457. The maximum absolute atomic E-state index is 11.7. The highest BCUT2D eigenvalue weighted by Crippen LogP contribution is 2.15. The number of nitrogens with one attached hydrogen (secondary N) is 1. The van der Waals surface area contributed by atoms with Gasteiger partial charge in [0, 0.05) is 17.8 Å². The minimum Gasteiger partial charge on any atom is -0.493 e. The summed E-state index contributed by atoms with van der Waals surface area (Å²) in [6, 6.07) is 14.9. The zero-order valence-corrected chi connectivity index (χ0v) is 14.3. The molecule has 5 heteroatoms. The van der Waals surface area contributed by atoms with Crippen LogP contribution in [-0.2, 0) is 11.2 Å². The Morgan fingerprint density at radius 1 is 1.04 bits per heavy atom. The molecule has 0 heterocycles. The second-order valence-corrected chi connectivity index (χ2v) is 6.49. The van der Waals surface area contributed by atoms with E-state index in [4.69, 9.17) is 15.2 Å². The molecule has 1 amide bonds. The maximum Gasteiger partial charge on any atom is 0.412 e. The highest BCUT2D eigenvalue weighted by Gasteiger charge is 2.15. The topological polar surface area (TPSA) is 73.6 Å². The first-order valence-corrected chi connectivity index (χ1v) is 7.89. The Kier molecular flexibility index (Phi) is 5.68. The molecule has 0 bridgehead atoms. The summed E-state index contributed by atoms with van der Waals surface area (Å²) in [5.74, 6) is 0.799. The normalized spacial score (nSPS) is 11.0. The largest absolute Gasteiger partial charge is 0.493 e. The molecule has 0 aliphatic rings. The van der Waals surface area contributed by atoms with Crippen molar-refractivity contribution in [3.63, 3.8) is 0 Å². The first-order chi connectivity index (χ1) is 11.3. The molecule has 2 rings (SSSR count). The van der Waals surface area contributed by atoms with Gasteiger partial charge in [-0.15, -0.1) is 0 Å². The summed E-state index contributed by atoms with van der Waals surface area (Å²) < 4.78 is 10.9. The standard InChI is InChI=1S/C19H24N2O3/c1-19(2,3)24-18(22)21-16-8-4-14(5-9-16)12-13-23-17-10-6-15(20)7-11-17/h4-11H,12-13,20H2,1-3H3,(H,21,22). The maximum atomic E-state index is 11.7. The first-order valence-electron chi connectivity index (χ1n) is 7.89. The Morgan fingerprint density at radius 2 is 1.67 bits per heavy atom. The third-order valence-corrected chi connectivity index (χ3v) is 3.14. The average molecular weight is 328 g/mol. The summed E-state index contributed by atoms with van der Waals surface area (Å²) in [5.41, 5.74) is 7.67. The van der Waals surface area contributed by atoms with E-state index in [1.54, 1.807) is 0 Å². The summed E-state index contributed by atoms with van der Waals surface area (Å²) >= 11 is 0. The summed E-state index contributed by atoms with van der Waals surface area (Å²) in [4.78, 5) is 11.7. The summed E-state index contributed by atoms with van der Waals surface area (Å²) in [6.07, 6.45) is 0.318. The number of nitrogens with two attached hydrogens (primary N) is 1. The predicted octanol–water partition coefficient (Wildman–Crippen LogP) is 4.24. The van der Waals surface area contributed by atoms with Crippen LogP contribution in [-0.4, -0.2) is 18.3 Å². The molecule has 0 saturated carbocycles. The van der Waals surface area contributed by atoms with Gasteiger partial charge in [0.1, 0.15) is 11.4 Å². The number of rotatable bonds is 5. The number of carbonyl (C=O) groups is 1. The van der Waals surface area contributed by atoms with Gasteiger partial charge in [-0.2, -0.15) is 0 Å². The summed E-state index contributed by atoms with van der Waals surface area (Å²) in [7, 11) is 0. The number of carbonyl (C=O) groups excluding carboxylic acids is 1. The number of hydrogen-bond acceptors (Lipinski definition) is 4. The first kappa shape index (κ1) is 17.7. The Morgan fingerprint density at radius 3 is 2.25 bits per heavy atom. The molecule has 0 unspecified atom stereocenters. The number of anilines is 2. The molecule has 0 spiro atoms. The van der Waals surface area contributed by atoms with Crippen molar-refractivity contribution in [3.8, 4) is 5.75 Å². The Labute approximate surface area is 142 Å². The van der Waals surface area contributed by atoms with E-state index in [1.165, 1.54) is 0 Å². The van der Waals surface area contributed by atoms with Gasteiger partial charge in [0.25, 0.3) is 0 Å². The molecule has 0 aliphatic carbocycles. The van der Waals surface area contributed by atoms with E-state index in [1.807, 2.05) is 69.3 Å². The van der Waals surface area contributed by atoms with Crippen molar-refractivity contribution in [3.05, 3.63) is 54.1 Å². The number of hydrogen-bond donors (Lipinski definition) is 2. The van der Waals surface area contributed by atoms with Crippen molar-refractivity contribution in [1.82, 2.24) is 0 Å². The molecule has 2 aromatic carbocycles. The van der Waals surface area contributed by atoms with E-state index in [2.05, 4.69) is 5.32 Å². The van der Waals surface area contributed by atoms with Crippen LogP contribution in [0.15, 0.2) is 48.5 Å². The number of nitrogen functional groups attached to an aromatic ring is 1. The van der Waals surface area contributed by atoms with Gasteiger partial charge in [0.05, 0.1) is 6.61 Å². The van der Waals surface area contributed by atoms with E-state index in [-0.39, 0.29) is 0 Å². The van der Waals surface area contributed by atoms with Crippen LogP contribution in [0.5, 0.6) is 5.75 Å². The van der Waals surface area contributed by atoms with Gasteiger partial charge in [0.2, 0.25) is 0 Å². The van der Waals surface area contributed by atoms with Crippen LogP contribution < -0.4 is 15.8 Å². The molecule has 0 fully saturated rings. The molecule has 0 saturated heterocycles. The minimum atomic E-state index is -0.510. The van der Waals surface area contributed by atoms with Crippen molar-refractivity contribution < 1.29 is 14.3 Å². The molecule has 5 nitrogen and oxygen atoms in total. The fraction of sp³-hybridized carbons (Fsp3) is 0.316. The fourth-order valence-electron chi connectivity index (χ4n) is 2.03. The molecule has 24 heavy (non-hydrogen) atoms. The molecule has 0 atom stereocenters. The molecule has 0 aromatic heterocycles. The lowest BCUT2D eigenvalue weighted by molar-refractivity contribution is 0.0636. The van der Waals surface area contributed by atoms with Crippen LogP contribution in [0, 0.1) is 0 Å². The zero-order chi connectivity index (χ0) is 17.6. The quantitative estimate of drug-likeness (QED) is 0.805. The van der Waals surface area contributed by atoms with Crippen LogP contribution in [0.1, 0.15) is 26.3 Å². The predicted molar refractivity (Wildman–Crippen MR) is 96.4 cm³/mol. The summed E-state index contributed by atoms with van der Waals surface area (Å²) in [6.45, 7) is 6.06. The Balaban J connectivity index is 1.79. The van der Waals surface area contributed by atoms with Gasteiger partial charge in [0.15, 0.2) is 0 Å². The van der Waals surface area contributed by atoms with E-state index >= 15 is 0 Å². The Hall–Kier alpha value is -2.69. The number of benzene rings is 2. The van der Waals surface area contributed by atoms with E-state index in [9.17, 15) is 4.79 Å². The van der Waals surface area contributed by atoms with Crippen LogP contribution in [0.3, 0.4) is 0 Å². The van der Waals surface area contributed by atoms with Crippen molar-refractivity contribution in [2.45, 2.75) is 32.8 Å². The smallest absolute Gasteiger partial charge is 0.412 e. The van der Waals surface area contributed by atoms with Gasteiger partial charge in [-0.25, -0.2) is 4.79 Å². The van der Waals surface area contributed by atoms with Gasteiger partial charge in [-0.05, 0) is 62.7 Å². The lowest BCUT2D eigenvalue weighted by Crippen LogP contribution is -2.27. The van der Waals surface area contributed by atoms with Crippen molar-refractivity contribution >= 4 is 17.5 Å². The highest BCUT2D eigenvalue weighted by molar-refractivity contribution is 5.84. The van der Waals surface area contributed by atoms with Gasteiger partial charge in [-0.1, -0.05) is 12.1 Å². The zero-order valence-electron chi connectivity index (χ0n) is 14.3. The summed E-state index contributed by atoms with van der Waals surface area (Å²) in [5, 5.41) is 2.71. The molecular formula is C19H24N2O3. The van der Waals surface area contributed by atoms with Gasteiger partial charge in [-0.3, -0.25) is 5.32 Å². The van der Waals surface area contributed by atoms with Gasteiger partial charge < -0.3 is 15.2 Å². The number of amides is 1. The molecule has 2 aromatic rings. The monoisotopic (exact) mass is 328 g/mol. The molecule has 0 radical (unpaired) electrons. The highest BCUT2D eigenvalue weighted by atomic mass is 16.6. The Bertz CT molecular complexity index is 659. The lowest BCUT2D eigenvalue weighted by atomic mass is 10.1. The fourth-order valence-corrected chi connectivity index (χ4v) is 2.03. The second-order valence-electron chi connectivity index (χ2n) is 6.49. The molecule has 3 N–H and O–H groups in total. The lowest BCUT2D eigenvalue weighted by Gasteiger charge is -2.19. The van der Waals surface area contributed by atoms with Crippen LogP contribution in [0.2, 0.25) is 0 Å². The van der Waals surface area contributed by atoms with E-state index < -0.39 is 11.7 Å². The van der Waals surface area contributed by atoms with Crippen LogP contribution >= 0.6 is 0 Å². The molecule has 0 aliphatic heterocycles. The average Bonchev–Trinajstić information content (AvgIpc) is 2.49. The van der Waals surface area contributed by atoms with Crippen molar-refractivity contribution in [2.75, 3.05) is 17.7 Å². The van der Waals surface area contributed by atoms with Crippen molar-refractivity contribution in [1.29, 1.82) is 0 Å². The van der Waals surface area contributed by atoms with Gasteiger partial charge >= 0.3 is 6.09 Å². The molecular weight excluding hydrogens is 304 g/mol. The molecule has 128 valence electrons. The van der Waals surface area contributed by atoms with E-state index in [0.717, 1.165) is 23.4 Å². The third-order valence-electron chi connectivity index (χ3n) is 3.14. The number of ether oxygens (including phenoxy) is 2. The third kappa shape index (κ3) is 6.20.